The minimum absolute atomic E-state index is 0. The van der Waals surface area contributed by atoms with Crippen molar-refractivity contribution in [2.24, 2.45) is 5.73 Å². The number of aromatic nitrogens is 2. The normalized spacial score (nSPS) is 16.0. The molecule has 0 atom stereocenters. The molecule has 0 saturated carbocycles. The Morgan fingerprint density at radius 3 is 2.36 bits per heavy atom. The first-order chi connectivity index (χ1) is 9.83. The van der Waals surface area contributed by atoms with Crippen LogP contribution in [0.15, 0.2) is 22.0 Å². The number of hydrogen-bond donors (Lipinski definition) is 1. The van der Waals surface area contributed by atoms with Crippen LogP contribution in [-0.2, 0) is 19.6 Å². The van der Waals surface area contributed by atoms with Crippen LogP contribution >= 0.6 is 36.2 Å². The Morgan fingerprint density at radius 2 is 1.82 bits per heavy atom. The predicted molar refractivity (Wildman–Crippen MR) is 91.6 cm³/mol. The highest BCUT2D eigenvalue weighted by Gasteiger charge is 2.19. The Labute approximate surface area is 146 Å². The Balaban J connectivity index is 0.00000121. The average molecular weight is 366 g/mol. The number of piperazine rings is 1. The first-order valence-corrected chi connectivity index (χ1v) is 7.70. The summed E-state index contributed by atoms with van der Waals surface area (Å²) in [6, 6.07) is 4.31. The van der Waals surface area contributed by atoms with Gasteiger partial charge in [0, 0.05) is 37.6 Å². The first kappa shape index (κ1) is 19.3. The zero-order chi connectivity index (χ0) is 13.8. The van der Waals surface area contributed by atoms with Crippen molar-refractivity contribution in [2.75, 3.05) is 26.2 Å². The monoisotopic (exact) mass is 365 g/mol. The average Bonchev–Trinajstić information content (AvgIpc) is 3.12. The molecule has 0 amide bonds. The molecule has 3 heterocycles. The van der Waals surface area contributed by atoms with Gasteiger partial charge in [-0.3, -0.25) is 9.80 Å². The van der Waals surface area contributed by atoms with Gasteiger partial charge in [-0.05, 0) is 11.4 Å². The molecule has 1 fully saturated rings. The summed E-state index contributed by atoms with van der Waals surface area (Å²) in [6.07, 6.45) is 0. The highest BCUT2D eigenvalue weighted by atomic mass is 35.5. The summed E-state index contributed by atoms with van der Waals surface area (Å²) in [6.45, 7) is 6.36. The summed E-state index contributed by atoms with van der Waals surface area (Å²) in [4.78, 5) is 10.5. The molecule has 3 rings (SSSR count). The molecule has 0 aromatic carbocycles. The molecular formula is C13H21Cl2N5OS. The van der Waals surface area contributed by atoms with E-state index in [1.165, 1.54) is 4.88 Å². The van der Waals surface area contributed by atoms with Crippen molar-refractivity contribution in [2.45, 2.75) is 19.6 Å². The third-order valence-electron chi connectivity index (χ3n) is 3.47. The van der Waals surface area contributed by atoms with Crippen LogP contribution in [0.3, 0.4) is 0 Å². The first-order valence-electron chi connectivity index (χ1n) is 6.82. The molecule has 0 bridgehead atoms. The summed E-state index contributed by atoms with van der Waals surface area (Å²) in [5.41, 5.74) is 5.46. The smallest absolute Gasteiger partial charge is 0.240 e. The van der Waals surface area contributed by atoms with Gasteiger partial charge in [0.2, 0.25) is 5.89 Å². The largest absolute Gasteiger partial charge is 0.338 e. The molecule has 124 valence electrons. The second kappa shape index (κ2) is 9.44. The highest BCUT2D eigenvalue weighted by molar-refractivity contribution is 7.09. The van der Waals surface area contributed by atoms with Crippen LogP contribution in [0, 0.1) is 0 Å². The third kappa shape index (κ3) is 5.19. The molecule has 2 aromatic rings. The van der Waals surface area contributed by atoms with Crippen molar-refractivity contribution in [3.63, 3.8) is 0 Å². The molecule has 1 aliphatic rings. The van der Waals surface area contributed by atoms with Gasteiger partial charge < -0.3 is 10.3 Å². The number of halogens is 2. The van der Waals surface area contributed by atoms with Crippen LogP contribution in [0.25, 0.3) is 0 Å². The van der Waals surface area contributed by atoms with E-state index in [0.717, 1.165) is 45.1 Å². The molecule has 1 saturated heterocycles. The molecule has 2 N–H and O–H groups in total. The fourth-order valence-electron chi connectivity index (χ4n) is 2.37. The highest BCUT2D eigenvalue weighted by Crippen LogP contribution is 2.14. The van der Waals surface area contributed by atoms with Gasteiger partial charge in [0.15, 0.2) is 5.82 Å². The Kier molecular flexibility index (Phi) is 8.30. The molecule has 22 heavy (non-hydrogen) atoms. The van der Waals surface area contributed by atoms with Crippen LogP contribution in [0.1, 0.15) is 16.6 Å². The molecule has 0 aliphatic carbocycles. The quantitative estimate of drug-likeness (QED) is 0.869. The lowest BCUT2D eigenvalue weighted by molar-refractivity contribution is 0.120. The van der Waals surface area contributed by atoms with Crippen molar-refractivity contribution < 1.29 is 4.52 Å². The third-order valence-corrected chi connectivity index (χ3v) is 4.34. The standard InChI is InChI=1S/C13H19N5OS.2ClH/c14-8-13-15-12(16-19-13)10-18-5-3-17(4-6-18)9-11-2-1-7-20-11;;/h1-2,7H,3-6,8-10,14H2;2*1H. The topological polar surface area (TPSA) is 71.4 Å². The molecule has 2 aromatic heterocycles. The van der Waals surface area contributed by atoms with E-state index in [2.05, 4.69) is 37.5 Å². The minimum Gasteiger partial charge on any atom is -0.338 e. The fraction of sp³-hybridized carbons (Fsp3) is 0.538. The number of nitrogens with zero attached hydrogens (tertiary/aromatic N) is 4. The van der Waals surface area contributed by atoms with E-state index < -0.39 is 0 Å². The SMILES string of the molecule is Cl.Cl.NCc1nc(CN2CCN(Cc3cccs3)CC2)no1. The lowest BCUT2D eigenvalue weighted by Gasteiger charge is -2.33. The van der Waals surface area contributed by atoms with Crippen LogP contribution in [-0.4, -0.2) is 46.1 Å². The molecule has 1 aliphatic heterocycles. The van der Waals surface area contributed by atoms with Crippen molar-refractivity contribution >= 4 is 36.2 Å². The van der Waals surface area contributed by atoms with Gasteiger partial charge in [-0.1, -0.05) is 11.2 Å². The fourth-order valence-corrected chi connectivity index (χ4v) is 3.11. The zero-order valence-corrected chi connectivity index (χ0v) is 14.6. The maximum atomic E-state index is 5.46. The molecule has 9 heteroatoms. The predicted octanol–water partition coefficient (Wildman–Crippen LogP) is 1.75. The molecule has 0 spiro atoms. The lowest BCUT2D eigenvalue weighted by Crippen LogP contribution is -2.45. The second-order valence-corrected chi connectivity index (χ2v) is 5.97. The summed E-state index contributed by atoms with van der Waals surface area (Å²) in [7, 11) is 0. The maximum absolute atomic E-state index is 5.46. The molecular weight excluding hydrogens is 345 g/mol. The van der Waals surface area contributed by atoms with Gasteiger partial charge in [0.1, 0.15) is 0 Å². The van der Waals surface area contributed by atoms with E-state index in [4.69, 9.17) is 10.3 Å². The minimum atomic E-state index is 0. The molecule has 6 nitrogen and oxygen atoms in total. The number of thiophene rings is 1. The van der Waals surface area contributed by atoms with E-state index >= 15 is 0 Å². The van der Waals surface area contributed by atoms with E-state index in [0.29, 0.717) is 12.4 Å². The van der Waals surface area contributed by atoms with E-state index in [1.807, 2.05) is 11.3 Å². The summed E-state index contributed by atoms with van der Waals surface area (Å²) in [5, 5.41) is 6.08. The van der Waals surface area contributed by atoms with Gasteiger partial charge in [-0.25, -0.2) is 0 Å². The second-order valence-electron chi connectivity index (χ2n) is 4.94. The van der Waals surface area contributed by atoms with Crippen LogP contribution in [0.4, 0.5) is 0 Å². The van der Waals surface area contributed by atoms with Gasteiger partial charge in [0.05, 0.1) is 13.1 Å². The summed E-state index contributed by atoms with van der Waals surface area (Å²) in [5.74, 6) is 1.24. The van der Waals surface area contributed by atoms with Gasteiger partial charge >= 0.3 is 0 Å². The zero-order valence-electron chi connectivity index (χ0n) is 12.2. The summed E-state index contributed by atoms with van der Waals surface area (Å²) < 4.78 is 5.02. The van der Waals surface area contributed by atoms with Crippen molar-refractivity contribution in [3.05, 3.63) is 34.1 Å². The van der Waals surface area contributed by atoms with Crippen LogP contribution in [0.2, 0.25) is 0 Å². The Morgan fingerprint density at radius 1 is 1.14 bits per heavy atom. The van der Waals surface area contributed by atoms with E-state index in [-0.39, 0.29) is 24.8 Å². The Hall–Kier alpha value is -0.700. The van der Waals surface area contributed by atoms with E-state index in [1.54, 1.807) is 0 Å². The molecule has 0 unspecified atom stereocenters. The number of hydrogen-bond acceptors (Lipinski definition) is 7. The van der Waals surface area contributed by atoms with Crippen molar-refractivity contribution in [1.29, 1.82) is 0 Å². The Bertz CT molecular complexity index is 528. The van der Waals surface area contributed by atoms with Gasteiger partial charge in [0.25, 0.3) is 0 Å². The maximum Gasteiger partial charge on any atom is 0.240 e. The number of rotatable bonds is 5. The van der Waals surface area contributed by atoms with Crippen molar-refractivity contribution in [1.82, 2.24) is 19.9 Å². The molecule has 0 radical (unpaired) electrons. The van der Waals surface area contributed by atoms with Crippen LogP contribution < -0.4 is 5.73 Å². The number of nitrogens with two attached hydrogens (primary N) is 1. The van der Waals surface area contributed by atoms with Crippen molar-refractivity contribution in [3.8, 4) is 0 Å². The van der Waals surface area contributed by atoms with E-state index in [9.17, 15) is 0 Å². The van der Waals surface area contributed by atoms with Crippen LogP contribution in [0.5, 0.6) is 0 Å². The van der Waals surface area contributed by atoms with Gasteiger partial charge in [-0.2, -0.15) is 4.98 Å². The van der Waals surface area contributed by atoms with Gasteiger partial charge in [-0.15, -0.1) is 36.2 Å². The summed E-state index contributed by atoms with van der Waals surface area (Å²) >= 11 is 1.83. The lowest BCUT2D eigenvalue weighted by atomic mass is 10.3.